The van der Waals surface area contributed by atoms with E-state index in [9.17, 15) is 9.59 Å². The lowest BCUT2D eigenvalue weighted by Crippen LogP contribution is -2.27. The van der Waals surface area contributed by atoms with E-state index >= 15 is 0 Å². The fraction of sp³-hybridized carbons (Fsp3) is 0.500. The lowest BCUT2D eigenvalue weighted by Gasteiger charge is -2.14. The van der Waals surface area contributed by atoms with Crippen molar-refractivity contribution in [3.05, 3.63) is 24.3 Å². The number of methoxy groups -OCH3 is 1. The molecule has 0 spiro atoms. The Morgan fingerprint density at radius 3 is 2.70 bits per heavy atom. The van der Waals surface area contributed by atoms with E-state index in [0.29, 0.717) is 45.8 Å². The maximum absolute atomic E-state index is 11.8. The van der Waals surface area contributed by atoms with Crippen LogP contribution in [0.4, 0.5) is 16.2 Å². The van der Waals surface area contributed by atoms with Crippen molar-refractivity contribution in [3.8, 4) is 0 Å². The number of urea groups is 1. The topological polar surface area (TPSA) is 79.9 Å². The number of hydrogen-bond acceptors (Lipinski definition) is 4. The molecular weight excluding hydrogens is 298 g/mol. The van der Waals surface area contributed by atoms with Crippen molar-refractivity contribution < 1.29 is 19.1 Å². The van der Waals surface area contributed by atoms with Crippen LogP contribution in [0.5, 0.6) is 0 Å². The lowest BCUT2D eigenvalue weighted by atomic mass is 10.2. The molecule has 23 heavy (non-hydrogen) atoms. The van der Waals surface area contributed by atoms with Crippen molar-refractivity contribution in [2.45, 2.75) is 12.8 Å². The second kappa shape index (κ2) is 9.12. The highest BCUT2D eigenvalue weighted by Gasteiger charge is 2.20. The van der Waals surface area contributed by atoms with E-state index in [2.05, 4.69) is 10.6 Å². The van der Waals surface area contributed by atoms with Crippen LogP contribution in [-0.4, -0.2) is 52.0 Å². The number of anilines is 2. The first-order valence-electron chi connectivity index (χ1n) is 7.72. The van der Waals surface area contributed by atoms with Crippen molar-refractivity contribution >= 4 is 23.3 Å². The molecule has 0 atom stereocenters. The third-order valence-corrected chi connectivity index (χ3v) is 3.44. The number of nitrogens with zero attached hydrogens (tertiary/aromatic N) is 1. The summed E-state index contributed by atoms with van der Waals surface area (Å²) in [7, 11) is 1.62. The van der Waals surface area contributed by atoms with Gasteiger partial charge in [0, 0.05) is 44.6 Å². The van der Waals surface area contributed by atoms with Gasteiger partial charge in [-0.1, -0.05) is 0 Å². The molecule has 0 aromatic heterocycles. The molecule has 0 bridgehead atoms. The highest BCUT2D eigenvalue weighted by molar-refractivity contribution is 5.95. The summed E-state index contributed by atoms with van der Waals surface area (Å²) >= 11 is 0. The lowest BCUT2D eigenvalue weighted by molar-refractivity contribution is -0.116. The van der Waals surface area contributed by atoms with Gasteiger partial charge in [0.15, 0.2) is 0 Å². The van der Waals surface area contributed by atoms with Crippen LogP contribution in [0.1, 0.15) is 12.8 Å². The number of nitrogens with one attached hydrogen (secondary N) is 2. The maximum atomic E-state index is 11.8. The molecule has 0 aliphatic carbocycles. The molecule has 126 valence electrons. The Hall–Kier alpha value is -2.12. The van der Waals surface area contributed by atoms with Gasteiger partial charge < -0.3 is 20.1 Å². The van der Waals surface area contributed by atoms with E-state index < -0.39 is 0 Å². The zero-order valence-electron chi connectivity index (χ0n) is 13.3. The monoisotopic (exact) mass is 321 g/mol. The molecule has 1 saturated heterocycles. The van der Waals surface area contributed by atoms with Gasteiger partial charge in [0.2, 0.25) is 5.91 Å². The predicted octanol–water partition coefficient (Wildman–Crippen LogP) is 1.60. The van der Waals surface area contributed by atoms with Gasteiger partial charge in [-0.2, -0.15) is 0 Å². The molecule has 0 unspecified atom stereocenters. The first kappa shape index (κ1) is 17.2. The van der Waals surface area contributed by atoms with Crippen LogP contribution < -0.4 is 15.5 Å². The number of amides is 3. The van der Waals surface area contributed by atoms with Crippen LogP contribution >= 0.6 is 0 Å². The van der Waals surface area contributed by atoms with Crippen molar-refractivity contribution in [2.75, 3.05) is 50.2 Å². The Bertz CT molecular complexity index is 519. The minimum absolute atomic E-state index is 0.0491. The third kappa shape index (κ3) is 5.54. The molecule has 1 aliphatic rings. The molecule has 2 rings (SSSR count). The first-order valence-corrected chi connectivity index (χ1v) is 7.72. The number of carbonyl (C=O) groups excluding carboxylic acids is 2. The zero-order valence-corrected chi connectivity index (χ0v) is 13.3. The molecule has 0 saturated carbocycles. The number of benzene rings is 1. The molecular formula is C16H23N3O4. The van der Waals surface area contributed by atoms with Crippen molar-refractivity contribution in [1.29, 1.82) is 0 Å². The van der Waals surface area contributed by atoms with E-state index in [0.717, 1.165) is 11.4 Å². The van der Waals surface area contributed by atoms with E-state index in [-0.39, 0.29) is 11.9 Å². The SMILES string of the molecule is COCCOCCCC(=O)Nc1ccc(N2CCNC2=O)cc1. The van der Waals surface area contributed by atoms with Crippen LogP contribution in [-0.2, 0) is 14.3 Å². The molecule has 7 nitrogen and oxygen atoms in total. The molecule has 1 aliphatic heterocycles. The molecule has 3 amide bonds. The van der Waals surface area contributed by atoms with Crippen LogP contribution in [0.3, 0.4) is 0 Å². The normalized spacial score (nSPS) is 14.0. The van der Waals surface area contributed by atoms with Gasteiger partial charge in [-0.25, -0.2) is 4.79 Å². The van der Waals surface area contributed by atoms with Crippen molar-refractivity contribution in [3.63, 3.8) is 0 Å². The first-order chi connectivity index (χ1) is 11.2. The van der Waals surface area contributed by atoms with Gasteiger partial charge in [0.25, 0.3) is 0 Å². The Balaban J connectivity index is 1.70. The second-order valence-electron chi connectivity index (χ2n) is 5.19. The van der Waals surface area contributed by atoms with E-state index in [1.54, 1.807) is 24.1 Å². The fourth-order valence-corrected chi connectivity index (χ4v) is 2.25. The molecule has 2 N–H and O–H groups in total. The van der Waals surface area contributed by atoms with Crippen molar-refractivity contribution in [2.24, 2.45) is 0 Å². The van der Waals surface area contributed by atoms with Gasteiger partial charge >= 0.3 is 6.03 Å². The van der Waals surface area contributed by atoms with Gasteiger partial charge in [-0.15, -0.1) is 0 Å². The average Bonchev–Trinajstić information content (AvgIpc) is 2.97. The smallest absolute Gasteiger partial charge is 0.321 e. The standard InChI is InChI=1S/C16H23N3O4/c1-22-11-12-23-10-2-3-15(20)18-13-4-6-14(7-5-13)19-9-8-17-16(19)21/h4-7H,2-3,8-12H2,1H3,(H,17,21)(H,18,20). The van der Waals surface area contributed by atoms with Crippen molar-refractivity contribution in [1.82, 2.24) is 5.32 Å². The summed E-state index contributed by atoms with van der Waals surface area (Å²) in [5.74, 6) is -0.0491. The third-order valence-electron chi connectivity index (χ3n) is 3.44. The minimum atomic E-state index is -0.0877. The summed E-state index contributed by atoms with van der Waals surface area (Å²) < 4.78 is 10.2. The summed E-state index contributed by atoms with van der Waals surface area (Å²) in [6.45, 7) is 2.97. The molecule has 1 aromatic rings. The molecule has 7 heteroatoms. The number of rotatable bonds is 9. The Labute approximate surface area is 135 Å². The molecule has 1 fully saturated rings. The largest absolute Gasteiger partial charge is 0.382 e. The average molecular weight is 321 g/mol. The van der Waals surface area contributed by atoms with Crippen LogP contribution in [0.2, 0.25) is 0 Å². The maximum Gasteiger partial charge on any atom is 0.321 e. The summed E-state index contributed by atoms with van der Waals surface area (Å²) in [5.41, 5.74) is 1.54. The number of carbonyl (C=O) groups is 2. The molecule has 0 radical (unpaired) electrons. The minimum Gasteiger partial charge on any atom is -0.382 e. The summed E-state index contributed by atoms with van der Waals surface area (Å²) in [6.07, 6.45) is 1.07. The highest BCUT2D eigenvalue weighted by Crippen LogP contribution is 2.19. The zero-order chi connectivity index (χ0) is 16.5. The molecule has 1 aromatic carbocycles. The quantitative estimate of drug-likeness (QED) is 0.677. The molecule has 1 heterocycles. The number of hydrogen-bond donors (Lipinski definition) is 2. The Kier molecular flexibility index (Phi) is 6.83. The summed E-state index contributed by atoms with van der Waals surface area (Å²) in [4.78, 5) is 25.1. The highest BCUT2D eigenvalue weighted by atomic mass is 16.5. The summed E-state index contributed by atoms with van der Waals surface area (Å²) in [6, 6.07) is 7.17. The van der Waals surface area contributed by atoms with E-state index in [1.165, 1.54) is 0 Å². The van der Waals surface area contributed by atoms with E-state index in [1.807, 2.05) is 12.1 Å². The van der Waals surface area contributed by atoms with Crippen LogP contribution in [0.15, 0.2) is 24.3 Å². The number of ether oxygens (including phenoxy) is 2. The van der Waals surface area contributed by atoms with Gasteiger partial charge in [-0.3, -0.25) is 9.69 Å². The van der Waals surface area contributed by atoms with E-state index in [4.69, 9.17) is 9.47 Å². The van der Waals surface area contributed by atoms with Gasteiger partial charge in [0.1, 0.15) is 0 Å². The predicted molar refractivity (Wildman–Crippen MR) is 87.7 cm³/mol. The van der Waals surface area contributed by atoms with Gasteiger partial charge in [-0.05, 0) is 30.7 Å². The summed E-state index contributed by atoms with van der Waals surface area (Å²) in [5, 5.41) is 5.59. The fourth-order valence-electron chi connectivity index (χ4n) is 2.25. The van der Waals surface area contributed by atoms with Crippen LogP contribution in [0, 0.1) is 0 Å². The second-order valence-corrected chi connectivity index (χ2v) is 5.19. The van der Waals surface area contributed by atoms with Crippen LogP contribution in [0.25, 0.3) is 0 Å². The Morgan fingerprint density at radius 2 is 2.04 bits per heavy atom. The van der Waals surface area contributed by atoms with Gasteiger partial charge in [0.05, 0.1) is 13.2 Å². The Morgan fingerprint density at radius 1 is 1.26 bits per heavy atom.